The maximum atomic E-state index is 14.2. The summed E-state index contributed by atoms with van der Waals surface area (Å²) in [7, 11) is 0. The number of likely N-dealkylation sites (tertiary alicyclic amines) is 2. The monoisotopic (exact) mass is 527 g/mol. The molecular formula is C27H33N3O8. The van der Waals surface area contributed by atoms with Crippen LogP contribution in [0.3, 0.4) is 0 Å². The van der Waals surface area contributed by atoms with Crippen molar-refractivity contribution in [1.82, 2.24) is 9.80 Å². The van der Waals surface area contributed by atoms with Gasteiger partial charge in [0.2, 0.25) is 17.7 Å². The molecule has 11 nitrogen and oxygen atoms in total. The van der Waals surface area contributed by atoms with Crippen LogP contribution in [0, 0.1) is 17.8 Å². The van der Waals surface area contributed by atoms with Crippen LogP contribution in [-0.2, 0) is 39.9 Å². The second kappa shape index (κ2) is 10.5. The standard InChI is InChI=1S/C27H33N3O8/c1-14(25(28)34)9-17(26(35)29-7-5-21-23(29)19(32)12-37-21)18(11-15-3-2-4-16(31)10-15)27(36)30-8-6-22-24(30)20(33)13-38-22/h2-4,10,14,17-18,21-24,31H,5-9,11-13H2,1H3,(H2,28,34). The summed E-state index contributed by atoms with van der Waals surface area (Å²) >= 11 is 0. The van der Waals surface area contributed by atoms with Crippen molar-refractivity contribution in [2.45, 2.75) is 56.9 Å². The summed E-state index contributed by atoms with van der Waals surface area (Å²) in [5.41, 5.74) is 6.20. The number of aromatic hydroxyl groups is 1. The van der Waals surface area contributed by atoms with Crippen molar-refractivity contribution < 1.29 is 38.6 Å². The summed E-state index contributed by atoms with van der Waals surface area (Å²) < 4.78 is 11.1. The minimum Gasteiger partial charge on any atom is -0.508 e. The molecule has 0 spiro atoms. The second-order valence-electron chi connectivity index (χ2n) is 10.8. The number of nitrogens with two attached hydrogens (primary N) is 1. The first-order valence-electron chi connectivity index (χ1n) is 13.1. The number of fused-ring (bicyclic) bond motifs is 2. The van der Waals surface area contributed by atoms with E-state index in [0.29, 0.717) is 31.5 Å². The SMILES string of the molecule is CC(CC(C(=O)N1CCC2OCC(=O)C21)C(Cc1cccc(O)c1)C(=O)N1CCC2OCC(=O)C21)C(N)=O. The fourth-order valence-corrected chi connectivity index (χ4v) is 6.38. The Hall–Kier alpha value is -3.31. The molecule has 7 atom stereocenters. The maximum absolute atomic E-state index is 14.2. The Kier molecular flexibility index (Phi) is 7.23. The van der Waals surface area contributed by atoms with Crippen molar-refractivity contribution in [1.29, 1.82) is 0 Å². The number of benzene rings is 1. The predicted octanol–water partition coefficient (Wildman–Crippen LogP) is -0.184. The zero-order valence-corrected chi connectivity index (χ0v) is 21.3. The first-order valence-corrected chi connectivity index (χ1v) is 13.1. The quantitative estimate of drug-likeness (QED) is 0.471. The number of nitrogens with zero attached hydrogens (tertiary/aromatic N) is 2. The summed E-state index contributed by atoms with van der Waals surface area (Å²) in [6.45, 7) is 2.09. The largest absolute Gasteiger partial charge is 0.508 e. The fourth-order valence-electron chi connectivity index (χ4n) is 6.38. The molecule has 204 valence electrons. The van der Waals surface area contributed by atoms with Crippen molar-refractivity contribution in [3.63, 3.8) is 0 Å². The zero-order chi connectivity index (χ0) is 27.1. The number of ether oxygens (including phenoxy) is 2. The van der Waals surface area contributed by atoms with Gasteiger partial charge < -0.3 is 30.1 Å². The van der Waals surface area contributed by atoms with Crippen LogP contribution in [0.5, 0.6) is 5.75 Å². The second-order valence-corrected chi connectivity index (χ2v) is 10.8. The normalized spacial score (nSPS) is 28.8. The lowest BCUT2D eigenvalue weighted by atomic mass is 9.79. The molecule has 4 fully saturated rings. The van der Waals surface area contributed by atoms with Gasteiger partial charge in [0.15, 0.2) is 11.6 Å². The lowest BCUT2D eigenvalue weighted by Crippen LogP contribution is -2.52. The highest BCUT2D eigenvalue weighted by Gasteiger charge is 2.52. The van der Waals surface area contributed by atoms with E-state index in [-0.39, 0.29) is 61.5 Å². The van der Waals surface area contributed by atoms with Crippen molar-refractivity contribution in [3.8, 4) is 5.75 Å². The van der Waals surface area contributed by atoms with E-state index in [0.717, 1.165) is 0 Å². The number of primary amides is 1. The molecule has 3 N–H and O–H groups in total. The molecule has 4 aliphatic heterocycles. The molecular weight excluding hydrogens is 494 g/mol. The average Bonchev–Trinajstić information content (AvgIpc) is 3.65. The number of carbonyl (C=O) groups excluding carboxylic acids is 5. The number of ketones is 2. The molecule has 0 saturated carbocycles. The average molecular weight is 528 g/mol. The third kappa shape index (κ3) is 4.80. The Morgan fingerprint density at radius 1 is 0.974 bits per heavy atom. The number of phenolic OH excluding ortho intramolecular Hbond substituents is 1. The van der Waals surface area contributed by atoms with Gasteiger partial charge in [-0.15, -0.1) is 0 Å². The summed E-state index contributed by atoms with van der Waals surface area (Å²) in [5.74, 6) is -4.43. The molecule has 4 heterocycles. The first kappa shape index (κ1) is 26.3. The molecule has 1 aromatic carbocycles. The van der Waals surface area contributed by atoms with Gasteiger partial charge in [0.25, 0.3) is 0 Å². The Morgan fingerprint density at radius 2 is 1.53 bits per heavy atom. The first-order chi connectivity index (χ1) is 18.2. The summed E-state index contributed by atoms with van der Waals surface area (Å²) in [4.78, 5) is 68.6. The van der Waals surface area contributed by atoms with Crippen molar-refractivity contribution in [3.05, 3.63) is 29.8 Å². The molecule has 0 aliphatic carbocycles. The molecule has 4 aliphatic rings. The Labute approximate surface area is 220 Å². The number of Topliss-reactive ketones (excluding diaryl/α,β-unsaturated/α-hetero) is 2. The van der Waals surface area contributed by atoms with Crippen LogP contribution >= 0.6 is 0 Å². The zero-order valence-electron chi connectivity index (χ0n) is 21.3. The van der Waals surface area contributed by atoms with Gasteiger partial charge in [-0.05, 0) is 43.4 Å². The van der Waals surface area contributed by atoms with Gasteiger partial charge in [-0.3, -0.25) is 24.0 Å². The summed E-state index contributed by atoms with van der Waals surface area (Å²) in [5, 5.41) is 10.1. The number of carbonyl (C=O) groups is 5. The number of amides is 3. The topological polar surface area (TPSA) is 157 Å². The van der Waals surface area contributed by atoms with Crippen molar-refractivity contribution in [2.24, 2.45) is 23.5 Å². The minimum atomic E-state index is -0.990. The van der Waals surface area contributed by atoms with E-state index >= 15 is 0 Å². The molecule has 0 radical (unpaired) electrons. The highest BCUT2D eigenvalue weighted by atomic mass is 16.5. The van der Waals surface area contributed by atoms with Gasteiger partial charge in [0.05, 0.1) is 24.0 Å². The third-order valence-electron chi connectivity index (χ3n) is 8.37. The van der Waals surface area contributed by atoms with E-state index in [2.05, 4.69) is 0 Å². The minimum absolute atomic E-state index is 0.00128. The van der Waals surface area contributed by atoms with E-state index in [9.17, 15) is 29.1 Å². The Bertz CT molecular complexity index is 1150. The van der Waals surface area contributed by atoms with Gasteiger partial charge in [-0.1, -0.05) is 19.1 Å². The third-order valence-corrected chi connectivity index (χ3v) is 8.37. The smallest absolute Gasteiger partial charge is 0.227 e. The molecule has 0 bridgehead atoms. The molecule has 0 aromatic heterocycles. The van der Waals surface area contributed by atoms with E-state index in [1.54, 1.807) is 19.1 Å². The predicted molar refractivity (Wildman–Crippen MR) is 131 cm³/mol. The van der Waals surface area contributed by atoms with E-state index in [1.807, 2.05) is 0 Å². The fraction of sp³-hybridized carbons (Fsp3) is 0.593. The van der Waals surface area contributed by atoms with E-state index in [4.69, 9.17) is 15.2 Å². The van der Waals surface area contributed by atoms with E-state index < -0.39 is 41.7 Å². The number of rotatable bonds is 8. The van der Waals surface area contributed by atoms with Crippen LogP contribution in [0.15, 0.2) is 24.3 Å². The maximum Gasteiger partial charge on any atom is 0.227 e. The lowest BCUT2D eigenvalue weighted by Gasteiger charge is -2.35. The van der Waals surface area contributed by atoms with Gasteiger partial charge in [0.1, 0.15) is 31.0 Å². The van der Waals surface area contributed by atoms with Crippen LogP contribution in [0.25, 0.3) is 0 Å². The van der Waals surface area contributed by atoms with Gasteiger partial charge >= 0.3 is 0 Å². The molecule has 4 saturated heterocycles. The summed E-state index contributed by atoms with van der Waals surface area (Å²) in [6.07, 6.45) is 0.350. The number of hydrogen-bond donors (Lipinski definition) is 2. The van der Waals surface area contributed by atoms with E-state index in [1.165, 1.54) is 21.9 Å². The van der Waals surface area contributed by atoms with Crippen LogP contribution < -0.4 is 5.73 Å². The molecule has 5 rings (SSSR count). The van der Waals surface area contributed by atoms with Gasteiger partial charge in [-0.25, -0.2) is 0 Å². The van der Waals surface area contributed by atoms with Crippen molar-refractivity contribution in [2.75, 3.05) is 26.3 Å². The molecule has 3 amide bonds. The van der Waals surface area contributed by atoms with Crippen LogP contribution in [-0.4, -0.2) is 94.8 Å². The number of phenols is 1. The molecule has 38 heavy (non-hydrogen) atoms. The lowest BCUT2D eigenvalue weighted by molar-refractivity contribution is -0.150. The molecule has 1 aromatic rings. The van der Waals surface area contributed by atoms with Crippen LogP contribution in [0.4, 0.5) is 0 Å². The van der Waals surface area contributed by atoms with Crippen LogP contribution in [0.1, 0.15) is 31.7 Å². The number of hydrogen-bond acceptors (Lipinski definition) is 8. The van der Waals surface area contributed by atoms with Gasteiger partial charge in [-0.2, -0.15) is 0 Å². The van der Waals surface area contributed by atoms with Crippen LogP contribution in [0.2, 0.25) is 0 Å². The van der Waals surface area contributed by atoms with Crippen molar-refractivity contribution >= 4 is 29.3 Å². The Morgan fingerprint density at radius 3 is 2.05 bits per heavy atom. The highest BCUT2D eigenvalue weighted by Crippen LogP contribution is 2.36. The Balaban J connectivity index is 1.52. The summed E-state index contributed by atoms with van der Waals surface area (Å²) in [6, 6.07) is 5.00. The highest BCUT2D eigenvalue weighted by molar-refractivity contribution is 5.97. The molecule has 7 unspecified atom stereocenters. The van der Waals surface area contributed by atoms with Gasteiger partial charge in [0, 0.05) is 19.0 Å². The molecule has 11 heteroatoms.